The normalized spacial score (nSPS) is 10.9. The van der Waals surface area contributed by atoms with Gasteiger partial charge in [-0.3, -0.25) is 4.79 Å². The van der Waals surface area contributed by atoms with E-state index in [-0.39, 0.29) is 11.7 Å². The summed E-state index contributed by atoms with van der Waals surface area (Å²) in [5.74, 6) is 0.220. The van der Waals surface area contributed by atoms with E-state index >= 15 is 0 Å². The third-order valence-electron chi connectivity index (χ3n) is 4.90. The molecular weight excluding hydrogens is 476 g/mol. The Hall–Kier alpha value is -2.95. The fourth-order valence-electron chi connectivity index (χ4n) is 3.26. The van der Waals surface area contributed by atoms with Gasteiger partial charge < -0.3 is 14.6 Å². The molecule has 0 aliphatic carbocycles. The van der Waals surface area contributed by atoms with E-state index in [1.165, 1.54) is 30.2 Å². The predicted molar refractivity (Wildman–Crippen MR) is 134 cm³/mol. The second-order valence-electron chi connectivity index (χ2n) is 7.08. The van der Waals surface area contributed by atoms with Crippen LogP contribution < -0.4 is 5.32 Å². The molecule has 0 bridgehead atoms. The molecule has 0 unspecified atom stereocenters. The van der Waals surface area contributed by atoms with Crippen LogP contribution in [0.15, 0.2) is 52.3 Å². The second-order valence-corrected chi connectivity index (χ2v) is 9.85. The van der Waals surface area contributed by atoms with E-state index in [4.69, 9.17) is 4.74 Å². The van der Waals surface area contributed by atoms with Crippen LogP contribution in [0.25, 0.3) is 21.8 Å². The quantitative estimate of drug-likeness (QED) is 0.252. The second kappa shape index (κ2) is 10.3. The molecule has 0 radical (unpaired) electrons. The minimum atomic E-state index is -0.485. The minimum Gasteiger partial charge on any atom is -0.465 e. The van der Waals surface area contributed by atoms with E-state index in [0.717, 1.165) is 27.4 Å². The summed E-state index contributed by atoms with van der Waals surface area (Å²) in [4.78, 5) is 26.3. The van der Waals surface area contributed by atoms with E-state index in [9.17, 15) is 9.59 Å². The SMILES string of the molecule is CCn1c(SCC(=O)Nc2scc(-c3ccc(C)cc3)c2C(=O)OC)nnc1-c1cccs1. The lowest BCUT2D eigenvalue weighted by atomic mass is 10.0. The number of hydrogen-bond donors (Lipinski definition) is 1. The summed E-state index contributed by atoms with van der Waals surface area (Å²) in [5, 5.41) is 16.4. The number of esters is 1. The molecule has 170 valence electrons. The van der Waals surface area contributed by atoms with E-state index in [1.807, 2.05) is 65.6 Å². The molecule has 3 aromatic heterocycles. The van der Waals surface area contributed by atoms with Gasteiger partial charge in [0.1, 0.15) is 10.6 Å². The van der Waals surface area contributed by atoms with Crippen molar-refractivity contribution in [3.63, 3.8) is 0 Å². The molecule has 0 fully saturated rings. The number of nitrogens with one attached hydrogen (secondary N) is 1. The average Bonchev–Trinajstić information content (AvgIpc) is 3.57. The fraction of sp³-hybridized carbons (Fsp3) is 0.217. The van der Waals surface area contributed by atoms with Gasteiger partial charge in [0.05, 0.1) is 17.7 Å². The maximum Gasteiger partial charge on any atom is 0.341 e. The summed E-state index contributed by atoms with van der Waals surface area (Å²) in [6.07, 6.45) is 0. The Morgan fingerprint density at radius 2 is 1.94 bits per heavy atom. The van der Waals surface area contributed by atoms with Crippen molar-refractivity contribution in [3.05, 3.63) is 58.3 Å². The number of benzene rings is 1. The maximum atomic E-state index is 12.7. The number of nitrogens with zero attached hydrogens (tertiary/aromatic N) is 3. The van der Waals surface area contributed by atoms with Gasteiger partial charge in [0, 0.05) is 17.5 Å². The summed E-state index contributed by atoms with van der Waals surface area (Å²) in [6.45, 7) is 4.72. The Kier molecular flexibility index (Phi) is 7.26. The molecule has 1 aromatic carbocycles. The Labute approximate surface area is 203 Å². The van der Waals surface area contributed by atoms with Crippen molar-refractivity contribution in [3.8, 4) is 21.8 Å². The third-order valence-corrected chi connectivity index (χ3v) is 7.63. The molecule has 1 N–H and O–H groups in total. The maximum absolute atomic E-state index is 12.7. The summed E-state index contributed by atoms with van der Waals surface area (Å²) < 4.78 is 6.98. The lowest BCUT2D eigenvalue weighted by Gasteiger charge is -2.09. The third kappa shape index (κ3) is 5.02. The molecule has 4 aromatic rings. The zero-order chi connectivity index (χ0) is 23.4. The molecule has 10 heteroatoms. The van der Waals surface area contributed by atoms with Gasteiger partial charge in [-0.15, -0.1) is 32.9 Å². The van der Waals surface area contributed by atoms with Crippen LogP contribution in [-0.4, -0.2) is 39.5 Å². The Bertz CT molecular complexity index is 1260. The highest BCUT2D eigenvalue weighted by atomic mass is 32.2. The highest BCUT2D eigenvalue weighted by Crippen LogP contribution is 2.36. The molecule has 3 heterocycles. The van der Waals surface area contributed by atoms with Crippen molar-refractivity contribution in [1.29, 1.82) is 0 Å². The number of methoxy groups -OCH3 is 1. The highest BCUT2D eigenvalue weighted by molar-refractivity contribution is 7.99. The molecule has 0 atom stereocenters. The van der Waals surface area contributed by atoms with Crippen LogP contribution in [0, 0.1) is 6.92 Å². The van der Waals surface area contributed by atoms with Gasteiger partial charge in [-0.2, -0.15) is 0 Å². The number of aryl methyl sites for hydroxylation is 1. The van der Waals surface area contributed by atoms with Crippen molar-refractivity contribution in [2.24, 2.45) is 0 Å². The first kappa shape index (κ1) is 23.2. The van der Waals surface area contributed by atoms with Gasteiger partial charge in [0.25, 0.3) is 0 Å². The van der Waals surface area contributed by atoms with Crippen LogP contribution in [0.4, 0.5) is 5.00 Å². The molecule has 0 saturated carbocycles. The fourth-order valence-corrected chi connectivity index (χ4v) is 5.75. The summed E-state index contributed by atoms with van der Waals surface area (Å²) >= 11 is 4.22. The van der Waals surface area contributed by atoms with Crippen molar-refractivity contribution >= 4 is 51.3 Å². The highest BCUT2D eigenvalue weighted by Gasteiger charge is 2.23. The van der Waals surface area contributed by atoms with E-state index < -0.39 is 5.97 Å². The lowest BCUT2D eigenvalue weighted by Crippen LogP contribution is -2.16. The average molecular weight is 499 g/mol. The summed E-state index contributed by atoms with van der Waals surface area (Å²) in [5.41, 5.74) is 3.12. The zero-order valence-electron chi connectivity index (χ0n) is 18.3. The predicted octanol–water partition coefficient (Wildman–Crippen LogP) is 5.58. The topological polar surface area (TPSA) is 86.1 Å². The number of thiophene rings is 2. The first-order valence-electron chi connectivity index (χ1n) is 10.2. The first-order valence-corrected chi connectivity index (χ1v) is 12.9. The monoisotopic (exact) mass is 498 g/mol. The molecule has 0 aliphatic heterocycles. The van der Waals surface area contributed by atoms with Crippen LogP contribution in [0.1, 0.15) is 22.8 Å². The summed E-state index contributed by atoms with van der Waals surface area (Å²) in [6, 6.07) is 11.8. The van der Waals surface area contributed by atoms with Gasteiger partial charge >= 0.3 is 5.97 Å². The zero-order valence-corrected chi connectivity index (χ0v) is 20.8. The van der Waals surface area contributed by atoms with Gasteiger partial charge in [0.2, 0.25) is 5.91 Å². The van der Waals surface area contributed by atoms with E-state index in [2.05, 4.69) is 15.5 Å². The van der Waals surface area contributed by atoms with Gasteiger partial charge in [-0.1, -0.05) is 47.7 Å². The van der Waals surface area contributed by atoms with Crippen LogP contribution in [0.5, 0.6) is 0 Å². The van der Waals surface area contributed by atoms with Crippen molar-refractivity contribution in [2.75, 3.05) is 18.2 Å². The molecule has 0 spiro atoms. The van der Waals surface area contributed by atoms with Gasteiger partial charge in [-0.05, 0) is 30.9 Å². The minimum absolute atomic E-state index is 0.140. The van der Waals surface area contributed by atoms with Crippen molar-refractivity contribution in [2.45, 2.75) is 25.5 Å². The largest absolute Gasteiger partial charge is 0.465 e. The Morgan fingerprint density at radius 1 is 1.15 bits per heavy atom. The number of anilines is 1. The number of aromatic nitrogens is 3. The number of hydrogen-bond acceptors (Lipinski definition) is 8. The van der Waals surface area contributed by atoms with Crippen LogP contribution >= 0.6 is 34.4 Å². The standard InChI is InChI=1S/C23H22N4O3S3/c1-4-27-20(17-6-5-11-31-17)25-26-23(27)33-13-18(28)24-21-19(22(29)30-3)16(12-32-21)15-9-7-14(2)8-10-15/h5-12H,4,13H2,1-3H3,(H,24,28). The van der Waals surface area contributed by atoms with Crippen LogP contribution in [-0.2, 0) is 16.1 Å². The molecule has 0 aliphatic rings. The number of ether oxygens (including phenoxy) is 1. The van der Waals surface area contributed by atoms with Crippen molar-refractivity contribution < 1.29 is 14.3 Å². The van der Waals surface area contributed by atoms with Crippen LogP contribution in [0.2, 0.25) is 0 Å². The number of amides is 1. The number of carbonyl (C=O) groups is 2. The Morgan fingerprint density at radius 3 is 2.61 bits per heavy atom. The first-order chi connectivity index (χ1) is 16.0. The molecular formula is C23H22N4O3S3. The lowest BCUT2D eigenvalue weighted by molar-refractivity contribution is -0.113. The Balaban J connectivity index is 1.50. The van der Waals surface area contributed by atoms with Gasteiger partial charge in [-0.25, -0.2) is 4.79 Å². The van der Waals surface area contributed by atoms with E-state index in [1.54, 1.807) is 11.3 Å². The smallest absolute Gasteiger partial charge is 0.341 e. The molecule has 1 amide bonds. The van der Waals surface area contributed by atoms with Gasteiger partial charge in [0.15, 0.2) is 11.0 Å². The number of thioether (sulfide) groups is 1. The molecule has 0 saturated heterocycles. The number of rotatable bonds is 8. The van der Waals surface area contributed by atoms with Crippen LogP contribution in [0.3, 0.4) is 0 Å². The molecule has 7 nitrogen and oxygen atoms in total. The molecule has 4 rings (SSSR count). The van der Waals surface area contributed by atoms with E-state index in [0.29, 0.717) is 22.3 Å². The number of carbonyl (C=O) groups excluding carboxylic acids is 2. The van der Waals surface area contributed by atoms with Crippen molar-refractivity contribution in [1.82, 2.24) is 14.8 Å². The summed E-state index contributed by atoms with van der Waals surface area (Å²) in [7, 11) is 1.34. The molecule has 33 heavy (non-hydrogen) atoms.